The normalized spacial score (nSPS) is 10.9. The van der Waals surface area contributed by atoms with E-state index in [9.17, 15) is 0 Å². The number of rotatable bonds is 5. The Balaban J connectivity index is 2.44. The largest absolute Gasteiger partial charge is 0.395 e. The molecular weight excluding hydrogens is 246 g/mol. The van der Waals surface area contributed by atoms with Crippen LogP contribution >= 0.6 is 15.9 Å². The van der Waals surface area contributed by atoms with Gasteiger partial charge in [0.15, 0.2) is 0 Å². The molecule has 4 heteroatoms. The standard InChI is InChI=1S/C10H14BrNO2/c11-9-3-1-2-8(4-9)5-12-10(6-13)7-14/h1-4,10,12-14H,5-7H2. The van der Waals surface area contributed by atoms with Gasteiger partial charge in [0, 0.05) is 11.0 Å². The van der Waals surface area contributed by atoms with Gasteiger partial charge in [0.25, 0.3) is 0 Å². The molecule has 0 bridgehead atoms. The summed E-state index contributed by atoms with van der Waals surface area (Å²) in [7, 11) is 0. The summed E-state index contributed by atoms with van der Waals surface area (Å²) >= 11 is 3.38. The molecule has 1 aromatic rings. The van der Waals surface area contributed by atoms with Crippen molar-refractivity contribution in [2.45, 2.75) is 12.6 Å². The van der Waals surface area contributed by atoms with Crippen molar-refractivity contribution in [2.75, 3.05) is 13.2 Å². The fourth-order valence-electron chi connectivity index (χ4n) is 1.10. The first-order valence-corrected chi connectivity index (χ1v) is 5.25. The van der Waals surface area contributed by atoms with E-state index in [0.29, 0.717) is 6.54 Å². The highest BCUT2D eigenvalue weighted by Gasteiger charge is 2.03. The van der Waals surface area contributed by atoms with Crippen molar-refractivity contribution >= 4 is 15.9 Å². The van der Waals surface area contributed by atoms with Crippen LogP contribution in [0.15, 0.2) is 28.7 Å². The van der Waals surface area contributed by atoms with Crippen LogP contribution in [-0.2, 0) is 6.54 Å². The summed E-state index contributed by atoms with van der Waals surface area (Å²) < 4.78 is 1.03. The van der Waals surface area contributed by atoms with Gasteiger partial charge in [-0.2, -0.15) is 0 Å². The van der Waals surface area contributed by atoms with Gasteiger partial charge >= 0.3 is 0 Å². The SMILES string of the molecule is OCC(CO)NCc1cccc(Br)c1. The van der Waals surface area contributed by atoms with E-state index in [2.05, 4.69) is 21.2 Å². The van der Waals surface area contributed by atoms with Crippen LogP contribution in [0.1, 0.15) is 5.56 Å². The number of aliphatic hydroxyl groups is 2. The molecule has 0 aromatic heterocycles. The zero-order valence-corrected chi connectivity index (χ0v) is 9.37. The quantitative estimate of drug-likeness (QED) is 0.737. The number of halogens is 1. The zero-order valence-electron chi connectivity index (χ0n) is 7.78. The highest BCUT2D eigenvalue weighted by atomic mass is 79.9. The van der Waals surface area contributed by atoms with E-state index in [4.69, 9.17) is 10.2 Å². The van der Waals surface area contributed by atoms with Gasteiger partial charge in [-0.25, -0.2) is 0 Å². The lowest BCUT2D eigenvalue weighted by atomic mass is 10.2. The summed E-state index contributed by atoms with van der Waals surface area (Å²) in [5.41, 5.74) is 1.12. The first-order valence-electron chi connectivity index (χ1n) is 4.46. The van der Waals surface area contributed by atoms with E-state index in [1.54, 1.807) is 0 Å². The molecule has 14 heavy (non-hydrogen) atoms. The number of aliphatic hydroxyl groups excluding tert-OH is 2. The van der Waals surface area contributed by atoms with E-state index in [1.165, 1.54) is 0 Å². The van der Waals surface area contributed by atoms with Gasteiger partial charge in [0.05, 0.1) is 19.3 Å². The van der Waals surface area contributed by atoms with E-state index in [0.717, 1.165) is 10.0 Å². The molecule has 0 amide bonds. The Labute approximate surface area is 91.9 Å². The Hall–Kier alpha value is -0.420. The molecular formula is C10H14BrNO2. The molecule has 0 aliphatic rings. The fraction of sp³-hybridized carbons (Fsp3) is 0.400. The smallest absolute Gasteiger partial charge is 0.0607 e. The van der Waals surface area contributed by atoms with Crippen molar-refractivity contribution in [2.24, 2.45) is 0 Å². The highest BCUT2D eigenvalue weighted by molar-refractivity contribution is 9.10. The molecule has 0 saturated carbocycles. The number of benzene rings is 1. The number of hydrogen-bond donors (Lipinski definition) is 3. The zero-order chi connectivity index (χ0) is 10.4. The van der Waals surface area contributed by atoms with Crippen LogP contribution in [0.2, 0.25) is 0 Å². The van der Waals surface area contributed by atoms with Crippen molar-refractivity contribution in [3.63, 3.8) is 0 Å². The molecule has 0 aliphatic heterocycles. The summed E-state index contributed by atoms with van der Waals surface area (Å²) in [5.74, 6) is 0. The predicted octanol–water partition coefficient (Wildman–Crippen LogP) is 0.892. The summed E-state index contributed by atoms with van der Waals surface area (Å²) in [4.78, 5) is 0. The van der Waals surface area contributed by atoms with Crippen LogP contribution in [0.4, 0.5) is 0 Å². The maximum atomic E-state index is 8.83. The Kier molecular flexibility index (Phi) is 5.11. The van der Waals surface area contributed by atoms with E-state index in [-0.39, 0.29) is 19.3 Å². The molecule has 0 spiro atoms. The Morgan fingerprint density at radius 3 is 2.57 bits per heavy atom. The van der Waals surface area contributed by atoms with Crippen molar-refractivity contribution in [3.05, 3.63) is 34.3 Å². The van der Waals surface area contributed by atoms with Gasteiger partial charge in [-0.1, -0.05) is 28.1 Å². The predicted molar refractivity (Wildman–Crippen MR) is 58.9 cm³/mol. The summed E-state index contributed by atoms with van der Waals surface area (Å²) in [6.45, 7) is 0.542. The average Bonchev–Trinajstić information content (AvgIpc) is 2.19. The molecule has 0 unspecified atom stereocenters. The molecule has 3 nitrogen and oxygen atoms in total. The van der Waals surface area contributed by atoms with Gasteiger partial charge in [0.1, 0.15) is 0 Å². The third-order valence-electron chi connectivity index (χ3n) is 1.92. The third kappa shape index (κ3) is 3.75. The lowest BCUT2D eigenvalue weighted by Crippen LogP contribution is -2.35. The van der Waals surface area contributed by atoms with Crippen molar-refractivity contribution in [1.82, 2.24) is 5.32 Å². The van der Waals surface area contributed by atoms with Crippen molar-refractivity contribution in [3.8, 4) is 0 Å². The maximum Gasteiger partial charge on any atom is 0.0607 e. The molecule has 1 aromatic carbocycles. The third-order valence-corrected chi connectivity index (χ3v) is 2.42. The minimum Gasteiger partial charge on any atom is -0.395 e. The van der Waals surface area contributed by atoms with Gasteiger partial charge in [-0.3, -0.25) is 0 Å². The van der Waals surface area contributed by atoms with Crippen LogP contribution in [0, 0.1) is 0 Å². The molecule has 1 rings (SSSR count). The first-order chi connectivity index (χ1) is 6.76. The summed E-state index contributed by atoms with van der Waals surface area (Å²) in [5, 5.41) is 20.7. The van der Waals surface area contributed by atoms with E-state index < -0.39 is 0 Å². The molecule has 0 fully saturated rings. The van der Waals surface area contributed by atoms with Crippen LogP contribution in [-0.4, -0.2) is 29.5 Å². The minimum absolute atomic E-state index is 0.0511. The fourth-order valence-corrected chi connectivity index (χ4v) is 1.54. The monoisotopic (exact) mass is 259 g/mol. The van der Waals surface area contributed by atoms with E-state index in [1.807, 2.05) is 24.3 Å². The lowest BCUT2D eigenvalue weighted by Gasteiger charge is -2.13. The number of nitrogens with one attached hydrogen (secondary N) is 1. The topological polar surface area (TPSA) is 52.5 Å². The van der Waals surface area contributed by atoms with Gasteiger partial charge in [-0.15, -0.1) is 0 Å². The van der Waals surface area contributed by atoms with Crippen LogP contribution in [0.25, 0.3) is 0 Å². The van der Waals surface area contributed by atoms with E-state index >= 15 is 0 Å². The highest BCUT2D eigenvalue weighted by Crippen LogP contribution is 2.11. The molecule has 78 valence electrons. The molecule has 3 N–H and O–H groups in total. The molecule has 0 atom stereocenters. The minimum atomic E-state index is -0.242. The lowest BCUT2D eigenvalue weighted by molar-refractivity contribution is 0.170. The molecule has 0 radical (unpaired) electrons. The van der Waals surface area contributed by atoms with Crippen LogP contribution in [0.5, 0.6) is 0 Å². The van der Waals surface area contributed by atoms with Crippen LogP contribution < -0.4 is 5.32 Å². The molecule has 0 heterocycles. The van der Waals surface area contributed by atoms with Crippen LogP contribution in [0.3, 0.4) is 0 Å². The van der Waals surface area contributed by atoms with Gasteiger partial charge in [0.2, 0.25) is 0 Å². The first kappa shape index (κ1) is 11.7. The van der Waals surface area contributed by atoms with Gasteiger partial charge < -0.3 is 15.5 Å². The Morgan fingerprint density at radius 1 is 1.29 bits per heavy atom. The van der Waals surface area contributed by atoms with Crippen molar-refractivity contribution in [1.29, 1.82) is 0 Å². The van der Waals surface area contributed by atoms with Gasteiger partial charge in [-0.05, 0) is 17.7 Å². The average molecular weight is 260 g/mol. The second kappa shape index (κ2) is 6.14. The number of hydrogen-bond acceptors (Lipinski definition) is 3. The second-order valence-electron chi connectivity index (χ2n) is 3.07. The molecule has 0 saturated heterocycles. The summed E-state index contributed by atoms with van der Waals surface area (Å²) in [6.07, 6.45) is 0. The Morgan fingerprint density at radius 2 is 2.00 bits per heavy atom. The maximum absolute atomic E-state index is 8.83. The second-order valence-corrected chi connectivity index (χ2v) is 3.99. The van der Waals surface area contributed by atoms with Crippen molar-refractivity contribution < 1.29 is 10.2 Å². The summed E-state index contributed by atoms with van der Waals surface area (Å²) in [6, 6.07) is 7.66. The Bertz CT molecular complexity index is 277. The molecule has 0 aliphatic carbocycles.